The van der Waals surface area contributed by atoms with E-state index in [2.05, 4.69) is 27.9 Å². The first-order chi connectivity index (χ1) is 12.0. The van der Waals surface area contributed by atoms with E-state index in [1.165, 1.54) is 16.8 Å². The number of nitrogens with zero attached hydrogens (tertiary/aromatic N) is 4. The van der Waals surface area contributed by atoms with Gasteiger partial charge in [0.05, 0.1) is 16.3 Å². The number of rotatable bonds is 4. The number of amides is 1. The Balaban J connectivity index is 1.80. The molecule has 9 nitrogen and oxygen atoms in total. The van der Waals surface area contributed by atoms with Gasteiger partial charge in [0.25, 0.3) is 11.6 Å². The van der Waals surface area contributed by atoms with Crippen molar-refractivity contribution in [3.05, 3.63) is 45.8 Å². The summed E-state index contributed by atoms with van der Waals surface area (Å²) < 4.78 is 1.44. The zero-order valence-corrected chi connectivity index (χ0v) is 14.1. The van der Waals surface area contributed by atoms with E-state index in [1.807, 2.05) is 0 Å². The number of hydrogen-bond donors (Lipinski definition) is 2. The number of nitro benzene ring substituents is 1. The standard InChI is InChI=1S/C16H20N6O3/c1-10-8-12(6-7-17-10)18-16(23)15-11(2)21(20-19-15)13-4-3-5-14(9-13)22(24)25/h3-5,9-10,12,17H,6-8H2,1-2H3,(H,18,23). The fourth-order valence-electron chi connectivity index (χ4n) is 3.04. The first-order valence-electron chi connectivity index (χ1n) is 8.17. The highest BCUT2D eigenvalue weighted by Crippen LogP contribution is 2.18. The molecule has 2 N–H and O–H groups in total. The van der Waals surface area contributed by atoms with Crippen LogP contribution in [0.1, 0.15) is 35.9 Å². The van der Waals surface area contributed by atoms with Crippen LogP contribution in [0.2, 0.25) is 0 Å². The third kappa shape index (κ3) is 3.66. The molecule has 132 valence electrons. The molecule has 0 aliphatic carbocycles. The number of piperidine rings is 1. The number of nitro groups is 1. The predicted octanol–water partition coefficient (Wildman–Crippen LogP) is 1.35. The molecule has 9 heteroatoms. The molecule has 2 aromatic rings. The summed E-state index contributed by atoms with van der Waals surface area (Å²) >= 11 is 0. The van der Waals surface area contributed by atoms with Gasteiger partial charge in [-0.1, -0.05) is 11.3 Å². The summed E-state index contributed by atoms with van der Waals surface area (Å²) in [6.07, 6.45) is 1.73. The number of carbonyl (C=O) groups excluding carboxylic acids is 1. The number of non-ortho nitro benzene ring substituents is 1. The van der Waals surface area contributed by atoms with Gasteiger partial charge in [0.2, 0.25) is 0 Å². The van der Waals surface area contributed by atoms with Crippen LogP contribution in [-0.2, 0) is 0 Å². The molecule has 2 unspecified atom stereocenters. The van der Waals surface area contributed by atoms with E-state index in [-0.39, 0.29) is 23.3 Å². The van der Waals surface area contributed by atoms with E-state index in [0.717, 1.165) is 19.4 Å². The molecule has 1 aliphatic rings. The molecular weight excluding hydrogens is 324 g/mol. The summed E-state index contributed by atoms with van der Waals surface area (Å²) in [5.41, 5.74) is 1.23. The molecule has 1 amide bonds. The summed E-state index contributed by atoms with van der Waals surface area (Å²) in [7, 11) is 0. The SMILES string of the molecule is Cc1c(C(=O)NC2CCNC(C)C2)nnn1-c1cccc([N+](=O)[O-])c1. The highest BCUT2D eigenvalue weighted by Gasteiger charge is 2.24. The molecule has 1 fully saturated rings. The molecule has 2 atom stereocenters. The minimum Gasteiger partial charge on any atom is -0.348 e. The molecule has 3 rings (SSSR count). The Morgan fingerprint density at radius 3 is 3.00 bits per heavy atom. The minimum atomic E-state index is -0.471. The maximum atomic E-state index is 12.5. The maximum absolute atomic E-state index is 12.5. The minimum absolute atomic E-state index is 0.0397. The van der Waals surface area contributed by atoms with Crippen molar-refractivity contribution in [3.63, 3.8) is 0 Å². The zero-order valence-electron chi connectivity index (χ0n) is 14.1. The quantitative estimate of drug-likeness (QED) is 0.639. The van der Waals surface area contributed by atoms with Gasteiger partial charge in [0.1, 0.15) is 0 Å². The first-order valence-corrected chi connectivity index (χ1v) is 8.17. The molecule has 1 aromatic heterocycles. The van der Waals surface area contributed by atoms with Crippen molar-refractivity contribution in [1.82, 2.24) is 25.6 Å². The van der Waals surface area contributed by atoms with E-state index in [1.54, 1.807) is 19.1 Å². The van der Waals surface area contributed by atoms with Crippen molar-refractivity contribution < 1.29 is 9.72 Å². The zero-order chi connectivity index (χ0) is 18.0. The van der Waals surface area contributed by atoms with Gasteiger partial charge in [-0.15, -0.1) is 5.10 Å². The number of hydrogen-bond acceptors (Lipinski definition) is 6. The summed E-state index contributed by atoms with van der Waals surface area (Å²) in [6.45, 7) is 4.67. The summed E-state index contributed by atoms with van der Waals surface area (Å²) in [4.78, 5) is 23.0. The highest BCUT2D eigenvalue weighted by molar-refractivity contribution is 5.93. The van der Waals surface area contributed by atoms with Crippen LogP contribution in [0.4, 0.5) is 5.69 Å². The Kier molecular flexibility index (Phi) is 4.75. The van der Waals surface area contributed by atoms with Crippen LogP contribution in [0.3, 0.4) is 0 Å². The third-order valence-electron chi connectivity index (χ3n) is 4.35. The second-order valence-corrected chi connectivity index (χ2v) is 6.26. The molecule has 1 saturated heterocycles. The molecule has 0 saturated carbocycles. The normalized spacial score (nSPS) is 20.2. The van der Waals surface area contributed by atoms with Gasteiger partial charge in [-0.3, -0.25) is 14.9 Å². The molecule has 1 aromatic carbocycles. The Hall–Kier alpha value is -2.81. The molecule has 0 spiro atoms. The third-order valence-corrected chi connectivity index (χ3v) is 4.35. The Morgan fingerprint density at radius 2 is 2.28 bits per heavy atom. The number of nitrogens with one attached hydrogen (secondary N) is 2. The average Bonchev–Trinajstić information content (AvgIpc) is 2.96. The Bertz CT molecular complexity index is 803. The Morgan fingerprint density at radius 1 is 1.48 bits per heavy atom. The molecule has 2 heterocycles. The van der Waals surface area contributed by atoms with Gasteiger partial charge in [0, 0.05) is 24.2 Å². The van der Waals surface area contributed by atoms with Crippen molar-refractivity contribution >= 4 is 11.6 Å². The lowest BCUT2D eigenvalue weighted by Crippen LogP contribution is -2.46. The van der Waals surface area contributed by atoms with Gasteiger partial charge in [-0.2, -0.15) is 0 Å². The van der Waals surface area contributed by atoms with E-state index in [0.29, 0.717) is 17.4 Å². The van der Waals surface area contributed by atoms with Crippen LogP contribution in [0.5, 0.6) is 0 Å². The Labute approximate surface area is 144 Å². The van der Waals surface area contributed by atoms with Crippen LogP contribution in [0.25, 0.3) is 5.69 Å². The monoisotopic (exact) mass is 344 g/mol. The maximum Gasteiger partial charge on any atom is 0.273 e. The number of benzene rings is 1. The largest absolute Gasteiger partial charge is 0.348 e. The van der Waals surface area contributed by atoms with Gasteiger partial charge < -0.3 is 10.6 Å². The lowest BCUT2D eigenvalue weighted by Gasteiger charge is -2.28. The van der Waals surface area contributed by atoms with Crippen LogP contribution in [-0.4, -0.2) is 44.5 Å². The second-order valence-electron chi connectivity index (χ2n) is 6.26. The predicted molar refractivity (Wildman–Crippen MR) is 90.7 cm³/mol. The lowest BCUT2D eigenvalue weighted by molar-refractivity contribution is -0.384. The van der Waals surface area contributed by atoms with Crippen LogP contribution in [0, 0.1) is 17.0 Å². The number of carbonyl (C=O) groups is 1. The topological polar surface area (TPSA) is 115 Å². The first kappa shape index (κ1) is 17.0. The fraction of sp³-hybridized carbons (Fsp3) is 0.438. The molecular formula is C16H20N6O3. The average molecular weight is 344 g/mol. The fourth-order valence-corrected chi connectivity index (χ4v) is 3.04. The van der Waals surface area contributed by atoms with E-state index in [9.17, 15) is 14.9 Å². The van der Waals surface area contributed by atoms with Crippen molar-refractivity contribution in [2.24, 2.45) is 0 Å². The van der Waals surface area contributed by atoms with Gasteiger partial charge in [-0.25, -0.2) is 4.68 Å². The highest BCUT2D eigenvalue weighted by atomic mass is 16.6. The van der Waals surface area contributed by atoms with E-state index >= 15 is 0 Å². The van der Waals surface area contributed by atoms with Gasteiger partial charge in [-0.05, 0) is 39.3 Å². The summed E-state index contributed by atoms with van der Waals surface area (Å²) in [5, 5.41) is 25.2. The van der Waals surface area contributed by atoms with Crippen LogP contribution < -0.4 is 10.6 Å². The second kappa shape index (κ2) is 6.98. The lowest BCUT2D eigenvalue weighted by atomic mass is 10.0. The molecule has 0 bridgehead atoms. The van der Waals surface area contributed by atoms with Gasteiger partial charge >= 0.3 is 0 Å². The molecule has 25 heavy (non-hydrogen) atoms. The molecule has 0 radical (unpaired) electrons. The van der Waals surface area contributed by atoms with Crippen LogP contribution >= 0.6 is 0 Å². The van der Waals surface area contributed by atoms with Crippen molar-refractivity contribution in [2.45, 2.75) is 38.8 Å². The smallest absolute Gasteiger partial charge is 0.273 e. The van der Waals surface area contributed by atoms with E-state index in [4.69, 9.17) is 0 Å². The van der Waals surface area contributed by atoms with Crippen molar-refractivity contribution in [1.29, 1.82) is 0 Å². The van der Waals surface area contributed by atoms with Crippen molar-refractivity contribution in [3.8, 4) is 5.69 Å². The van der Waals surface area contributed by atoms with Gasteiger partial charge in [0.15, 0.2) is 5.69 Å². The molecule has 1 aliphatic heterocycles. The summed E-state index contributed by atoms with van der Waals surface area (Å²) in [5.74, 6) is -0.270. The number of aromatic nitrogens is 3. The van der Waals surface area contributed by atoms with Crippen molar-refractivity contribution in [2.75, 3.05) is 6.54 Å². The summed E-state index contributed by atoms with van der Waals surface area (Å²) in [6, 6.07) is 6.53. The van der Waals surface area contributed by atoms with E-state index < -0.39 is 4.92 Å². The van der Waals surface area contributed by atoms with Crippen LogP contribution in [0.15, 0.2) is 24.3 Å².